The Morgan fingerprint density at radius 1 is 1.24 bits per heavy atom. The molecule has 0 bridgehead atoms. The third-order valence-corrected chi connectivity index (χ3v) is 4.79. The number of nitrogens with zero attached hydrogens (tertiary/aromatic N) is 1. The van der Waals surface area contributed by atoms with Gasteiger partial charge in [-0.1, -0.05) is 32.6 Å². The fourth-order valence-corrected chi connectivity index (χ4v) is 3.91. The summed E-state index contributed by atoms with van der Waals surface area (Å²) in [6, 6.07) is 1.43. The first-order valence-electron chi connectivity index (χ1n) is 7.68. The first-order valence-corrected chi connectivity index (χ1v) is 7.68. The zero-order valence-corrected chi connectivity index (χ0v) is 12.0. The van der Waals surface area contributed by atoms with Crippen LogP contribution in [-0.4, -0.2) is 35.6 Å². The molecule has 1 saturated carbocycles. The summed E-state index contributed by atoms with van der Waals surface area (Å²) < 4.78 is 0. The minimum absolute atomic E-state index is 0.497. The van der Waals surface area contributed by atoms with Crippen LogP contribution in [0.15, 0.2) is 0 Å². The van der Waals surface area contributed by atoms with E-state index in [0.29, 0.717) is 11.6 Å². The van der Waals surface area contributed by atoms with Crippen LogP contribution in [0, 0.1) is 0 Å². The lowest BCUT2D eigenvalue weighted by atomic mass is 9.77. The van der Waals surface area contributed by atoms with Gasteiger partial charge in [0, 0.05) is 30.7 Å². The lowest BCUT2D eigenvalue weighted by Crippen LogP contribution is -2.66. The van der Waals surface area contributed by atoms with Crippen LogP contribution in [0.1, 0.15) is 65.7 Å². The Balaban J connectivity index is 2.05. The Bertz CT molecular complexity index is 231. The Morgan fingerprint density at radius 2 is 1.94 bits per heavy atom. The quantitative estimate of drug-likeness (QED) is 0.812. The van der Waals surface area contributed by atoms with Crippen molar-refractivity contribution >= 4 is 0 Å². The van der Waals surface area contributed by atoms with E-state index in [1.54, 1.807) is 0 Å². The predicted molar refractivity (Wildman–Crippen MR) is 74.4 cm³/mol. The van der Waals surface area contributed by atoms with Crippen LogP contribution >= 0.6 is 0 Å². The van der Waals surface area contributed by atoms with Gasteiger partial charge in [0.05, 0.1) is 0 Å². The summed E-state index contributed by atoms with van der Waals surface area (Å²) >= 11 is 0. The number of hydrogen-bond donors (Lipinski definition) is 1. The van der Waals surface area contributed by atoms with Gasteiger partial charge in [-0.05, 0) is 33.1 Å². The SMILES string of the molecule is CCCC1CN(C(C)C)C2(CCCCC2)CN1. The van der Waals surface area contributed by atoms with E-state index in [4.69, 9.17) is 0 Å². The predicted octanol–water partition coefficient (Wildman–Crippen LogP) is 3.17. The monoisotopic (exact) mass is 238 g/mol. The van der Waals surface area contributed by atoms with Crippen LogP contribution in [0.25, 0.3) is 0 Å². The molecule has 1 atom stereocenters. The van der Waals surface area contributed by atoms with Gasteiger partial charge in [0.2, 0.25) is 0 Å². The van der Waals surface area contributed by atoms with Gasteiger partial charge >= 0.3 is 0 Å². The van der Waals surface area contributed by atoms with Crippen molar-refractivity contribution in [3.63, 3.8) is 0 Å². The van der Waals surface area contributed by atoms with Gasteiger partial charge in [-0.25, -0.2) is 0 Å². The first-order chi connectivity index (χ1) is 8.18. The highest BCUT2D eigenvalue weighted by molar-refractivity contribution is 5.01. The first kappa shape index (κ1) is 13.4. The van der Waals surface area contributed by atoms with E-state index in [2.05, 4.69) is 31.0 Å². The molecule has 1 saturated heterocycles. The van der Waals surface area contributed by atoms with E-state index in [0.717, 1.165) is 6.04 Å². The maximum atomic E-state index is 3.82. The minimum atomic E-state index is 0.497. The van der Waals surface area contributed by atoms with Gasteiger partial charge in [-0.15, -0.1) is 0 Å². The third-order valence-electron chi connectivity index (χ3n) is 4.79. The van der Waals surface area contributed by atoms with Crippen molar-refractivity contribution in [2.24, 2.45) is 0 Å². The van der Waals surface area contributed by atoms with Gasteiger partial charge in [-0.3, -0.25) is 4.90 Å². The zero-order chi connectivity index (χ0) is 12.3. The Kier molecular flexibility index (Phi) is 4.48. The molecule has 0 aromatic heterocycles. The van der Waals surface area contributed by atoms with Gasteiger partial charge in [-0.2, -0.15) is 0 Å². The molecule has 1 aliphatic carbocycles. The highest BCUT2D eigenvalue weighted by Crippen LogP contribution is 2.36. The molecule has 1 N–H and O–H groups in total. The number of hydrogen-bond acceptors (Lipinski definition) is 2. The van der Waals surface area contributed by atoms with Crippen LogP contribution in [0.2, 0.25) is 0 Å². The standard InChI is InChI=1S/C15H30N2/c1-4-8-14-11-17(13(2)3)15(12-16-14)9-6-5-7-10-15/h13-14,16H,4-12H2,1-3H3. The van der Waals surface area contributed by atoms with Crippen molar-refractivity contribution in [2.45, 2.75) is 83.3 Å². The van der Waals surface area contributed by atoms with Crippen molar-refractivity contribution in [1.82, 2.24) is 10.2 Å². The third kappa shape index (κ3) is 2.85. The second-order valence-electron chi connectivity index (χ2n) is 6.40. The van der Waals surface area contributed by atoms with Crippen molar-refractivity contribution in [1.29, 1.82) is 0 Å². The van der Waals surface area contributed by atoms with E-state index in [9.17, 15) is 0 Å². The largest absolute Gasteiger partial charge is 0.311 e. The summed E-state index contributed by atoms with van der Waals surface area (Å²) in [5.74, 6) is 0. The molecular weight excluding hydrogens is 208 g/mol. The molecule has 2 fully saturated rings. The van der Waals surface area contributed by atoms with E-state index in [1.165, 1.54) is 58.0 Å². The summed E-state index contributed by atoms with van der Waals surface area (Å²) in [5.41, 5.74) is 0.497. The molecule has 2 heteroatoms. The second kappa shape index (κ2) is 5.71. The summed E-state index contributed by atoms with van der Waals surface area (Å²) in [6.45, 7) is 9.56. The van der Waals surface area contributed by atoms with Crippen LogP contribution < -0.4 is 5.32 Å². The smallest absolute Gasteiger partial charge is 0.0337 e. The molecule has 1 unspecified atom stereocenters. The highest BCUT2D eigenvalue weighted by atomic mass is 15.3. The molecule has 0 radical (unpaired) electrons. The van der Waals surface area contributed by atoms with Crippen LogP contribution in [0.5, 0.6) is 0 Å². The Hall–Kier alpha value is -0.0800. The maximum Gasteiger partial charge on any atom is 0.0337 e. The van der Waals surface area contributed by atoms with Crippen molar-refractivity contribution in [3.05, 3.63) is 0 Å². The topological polar surface area (TPSA) is 15.3 Å². The molecule has 1 heterocycles. The molecule has 100 valence electrons. The Morgan fingerprint density at radius 3 is 2.53 bits per heavy atom. The summed E-state index contributed by atoms with van der Waals surface area (Å²) in [6.07, 6.45) is 9.78. The lowest BCUT2D eigenvalue weighted by molar-refractivity contribution is -0.0141. The van der Waals surface area contributed by atoms with E-state index >= 15 is 0 Å². The van der Waals surface area contributed by atoms with E-state index < -0.39 is 0 Å². The van der Waals surface area contributed by atoms with E-state index in [-0.39, 0.29) is 0 Å². The molecule has 17 heavy (non-hydrogen) atoms. The van der Waals surface area contributed by atoms with Gasteiger partial charge in [0.25, 0.3) is 0 Å². The number of rotatable bonds is 3. The molecule has 1 aliphatic heterocycles. The van der Waals surface area contributed by atoms with Crippen LogP contribution in [-0.2, 0) is 0 Å². The molecule has 0 amide bonds. The average molecular weight is 238 g/mol. The van der Waals surface area contributed by atoms with Crippen molar-refractivity contribution in [2.75, 3.05) is 13.1 Å². The molecule has 2 rings (SSSR count). The van der Waals surface area contributed by atoms with Crippen LogP contribution in [0.3, 0.4) is 0 Å². The van der Waals surface area contributed by atoms with Crippen molar-refractivity contribution in [3.8, 4) is 0 Å². The molecule has 2 nitrogen and oxygen atoms in total. The maximum absolute atomic E-state index is 3.82. The lowest BCUT2D eigenvalue weighted by Gasteiger charge is -2.54. The summed E-state index contributed by atoms with van der Waals surface area (Å²) in [4.78, 5) is 2.82. The van der Waals surface area contributed by atoms with Gasteiger partial charge in [0.15, 0.2) is 0 Å². The average Bonchev–Trinajstić information content (AvgIpc) is 2.33. The molecule has 1 spiro atoms. The van der Waals surface area contributed by atoms with Crippen LogP contribution in [0.4, 0.5) is 0 Å². The fraction of sp³-hybridized carbons (Fsp3) is 1.00. The highest BCUT2D eigenvalue weighted by Gasteiger charge is 2.42. The second-order valence-corrected chi connectivity index (χ2v) is 6.40. The Labute approximate surface area is 107 Å². The minimum Gasteiger partial charge on any atom is -0.311 e. The molecule has 0 aromatic carbocycles. The zero-order valence-electron chi connectivity index (χ0n) is 12.0. The van der Waals surface area contributed by atoms with E-state index in [1.807, 2.05) is 0 Å². The molecule has 0 aromatic rings. The fourth-order valence-electron chi connectivity index (χ4n) is 3.91. The summed E-state index contributed by atoms with van der Waals surface area (Å²) in [7, 11) is 0. The van der Waals surface area contributed by atoms with Gasteiger partial charge in [0.1, 0.15) is 0 Å². The number of piperazine rings is 1. The number of nitrogens with one attached hydrogen (secondary N) is 1. The molecule has 2 aliphatic rings. The normalized spacial score (nSPS) is 30.0. The van der Waals surface area contributed by atoms with Gasteiger partial charge < -0.3 is 5.32 Å². The molecular formula is C15H30N2. The van der Waals surface area contributed by atoms with Crippen molar-refractivity contribution < 1.29 is 0 Å². The summed E-state index contributed by atoms with van der Waals surface area (Å²) in [5, 5.41) is 3.82.